The van der Waals surface area contributed by atoms with Crippen molar-refractivity contribution in [2.24, 2.45) is 0 Å². The van der Waals surface area contributed by atoms with Crippen molar-refractivity contribution in [3.8, 4) is 0 Å². The maximum atomic E-state index is 5.77. The summed E-state index contributed by atoms with van der Waals surface area (Å²) in [6, 6.07) is 0. The Morgan fingerprint density at radius 1 is 1.16 bits per heavy atom. The van der Waals surface area contributed by atoms with Crippen molar-refractivity contribution >= 4 is 11.3 Å². The summed E-state index contributed by atoms with van der Waals surface area (Å²) < 4.78 is 11.5. The lowest BCUT2D eigenvalue weighted by atomic mass is 10.2. The van der Waals surface area contributed by atoms with E-state index in [4.69, 9.17) is 9.47 Å². The molecule has 0 saturated carbocycles. The van der Waals surface area contributed by atoms with Crippen LogP contribution in [0.25, 0.3) is 0 Å². The molecule has 19 heavy (non-hydrogen) atoms. The molecular weight excluding hydrogens is 260 g/mol. The van der Waals surface area contributed by atoms with E-state index in [0.29, 0.717) is 12.2 Å². The van der Waals surface area contributed by atoms with E-state index < -0.39 is 0 Å². The van der Waals surface area contributed by atoms with E-state index in [9.17, 15) is 0 Å². The molecule has 0 unspecified atom stereocenters. The van der Waals surface area contributed by atoms with Gasteiger partial charge in [0.25, 0.3) is 0 Å². The Kier molecular flexibility index (Phi) is 4.82. The molecule has 0 radical (unpaired) electrons. The zero-order chi connectivity index (χ0) is 12.9. The molecule has 1 aromatic heterocycles. The topological polar surface area (TPSA) is 34.6 Å². The lowest BCUT2D eigenvalue weighted by Crippen LogP contribution is -2.37. The molecule has 2 aliphatic rings. The minimum atomic E-state index is 0.403. The summed E-state index contributed by atoms with van der Waals surface area (Å²) in [4.78, 5) is 6.86. The van der Waals surface area contributed by atoms with Gasteiger partial charge in [0.05, 0.1) is 23.4 Å². The maximum Gasteiger partial charge on any atom is 0.0795 e. The highest BCUT2D eigenvalue weighted by molar-refractivity contribution is 7.07. The molecule has 3 heterocycles. The van der Waals surface area contributed by atoms with Crippen molar-refractivity contribution in [2.75, 3.05) is 26.3 Å². The number of ether oxygens (including phenoxy) is 2. The van der Waals surface area contributed by atoms with Crippen LogP contribution in [0.15, 0.2) is 10.9 Å². The number of hydrogen-bond acceptors (Lipinski definition) is 5. The second kappa shape index (κ2) is 6.79. The summed E-state index contributed by atoms with van der Waals surface area (Å²) in [6.07, 6.45) is 5.60. The lowest BCUT2D eigenvalue weighted by molar-refractivity contribution is 0.0342. The summed E-state index contributed by atoms with van der Waals surface area (Å²) >= 11 is 1.67. The van der Waals surface area contributed by atoms with E-state index in [2.05, 4.69) is 15.3 Å². The van der Waals surface area contributed by atoms with Gasteiger partial charge in [-0.25, -0.2) is 4.98 Å². The highest BCUT2D eigenvalue weighted by Gasteiger charge is 2.24. The second-order valence-corrected chi connectivity index (χ2v) is 6.16. The third-order valence-corrected chi connectivity index (χ3v) is 4.48. The highest BCUT2D eigenvalue weighted by Crippen LogP contribution is 2.18. The van der Waals surface area contributed by atoms with Gasteiger partial charge in [0.15, 0.2) is 0 Å². The number of aromatic nitrogens is 1. The largest absolute Gasteiger partial charge is 0.377 e. The molecule has 5 heteroatoms. The fourth-order valence-corrected chi connectivity index (χ4v) is 3.45. The third kappa shape index (κ3) is 3.99. The molecule has 0 aromatic carbocycles. The van der Waals surface area contributed by atoms with Crippen LogP contribution < -0.4 is 0 Å². The molecule has 4 nitrogen and oxygen atoms in total. The van der Waals surface area contributed by atoms with Crippen molar-refractivity contribution in [2.45, 2.75) is 44.4 Å². The van der Waals surface area contributed by atoms with Gasteiger partial charge >= 0.3 is 0 Å². The Hall–Kier alpha value is -0.490. The minimum absolute atomic E-state index is 0.403. The van der Waals surface area contributed by atoms with Gasteiger partial charge in [-0.1, -0.05) is 0 Å². The van der Waals surface area contributed by atoms with E-state index in [1.165, 1.54) is 31.4 Å². The molecule has 3 rings (SSSR count). The zero-order valence-electron chi connectivity index (χ0n) is 11.3. The quantitative estimate of drug-likeness (QED) is 0.802. The van der Waals surface area contributed by atoms with E-state index in [-0.39, 0.29) is 0 Å². The molecular formula is C14H22N2O2S. The smallest absolute Gasteiger partial charge is 0.0795 e. The average molecular weight is 282 g/mol. The van der Waals surface area contributed by atoms with Gasteiger partial charge in [0.2, 0.25) is 0 Å². The van der Waals surface area contributed by atoms with Gasteiger partial charge in [-0.2, -0.15) is 0 Å². The van der Waals surface area contributed by atoms with Crippen LogP contribution in [-0.4, -0.2) is 48.4 Å². The first-order chi connectivity index (χ1) is 9.40. The van der Waals surface area contributed by atoms with Gasteiger partial charge in [-0.15, -0.1) is 11.3 Å². The van der Waals surface area contributed by atoms with Crippen molar-refractivity contribution in [1.82, 2.24) is 9.88 Å². The number of rotatable bonds is 6. The monoisotopic (exact) mass is 282 g/mol. The maximum absolute atomic E-state index is 5.77. The fourth-order valence-electron chi connectivity index (χ4n) is 2.90. The molecule has 2 atom stereocenters. The van der Waals surface area contributed by atoms with E-state index in [1.807, 2.05) is 5.51 Å². The van der Waals surface area contributed by atoms with Crippen LogP contribution in [0, 0.1) is 0 Å². The molecule has 0 amide bonds. The summed E-state index contributed by atoms with van der Waals surface area (Å²) in [6.45, 7) is 4.79. The lowest BCUT2D eigenvalue weighted by Gasteiger charge is -2.26. The van der Waals surface area contributed by atoms with Crippen molar-refractivity contribution < 1.29 is 9.47 Å². The van der Waals surface area contributed by atoms with Crippen molar-refractivity contribution in [3.63, 3.8) is 0 Å². The molecule has 0 bridgehead atoms. The molecule has 106 valence electrons. The van der Waals surface area contributed by atoms with Crippen molar-refractivity contribution in [3.05, 3.63) is 16.6 Å². The van der Waals surface area contributed by atoms with Gasteiger partial charge in [-0.05, 0) is 25.7 Å². The zero-order valence-corrected chi connectivity index (χ0v) is 12.1. The van der Waals surface area contributed by atoms with Gasteiger partial charge in [-0.3, -0.25) is 4.90 Å². The van der Waals surface area contributed by atoms with Crippen LogP contribution in [0.1, 0.15) is 31.4 Å². The average Bonchev–Trinajstić information content (AvgIpc) is 3.10. The second-order valence-electron chi connectivity index (χ2n) is 5.44. The summed E-state index contributed by atoms with van der Waals surface area (Å²) in [5, 5.41) is 2.14. The summed E-state index contributed by atoms with van der Waals surface area (Å²) in [7, 11) is 0. The minimum Gasteiger partial charge on any atom is -0.377 e. The molecule has 0 spiro atoms. The normalized spacial score (nSPS) is 27.4. The predicted octanol–water partition coefficient (Wildman–Crippen LogP) is 2.30. The molecule has 0 aliphatic carbocycles. The third-order valence-electron chi connectivity index (χ3n) is 3.84. The van der Waals surface area contributed by atoms with E-state index >= 15 is 0 Å². The first-order valence-corrected chi connectivity index (χ1v) is 8.17. The van der Waals surface area contributed by atoms with Crippen LogP contribution in [0.5, 0.6) is 0 Å². The highest BCUT2D eigenvalue weighted by atomic mass is 32.1. The molecule has 1 aromatic rings. The van der Waals surface area contributed by atoms with Crippen LogP contribution >= 0.6 is 11.3 Å². The summed E-state index contributed by atoms with van der Waals surface area (Å²) in [5.74, 6) is 0. The van der Waals surface area contributed by atoms with Gasteiger partial charge < -0.3 is 9.47 Å². The standard InChI is InChI=1S/C14H22N2O2S/c1-3-13(17-5-1)8-16(7-12-10-19-11-15-12)9-14-4-2-6-18-14/h10-11,13-14H,1-9H2/t13-,14+. The van der Waals surface area contributed by atoms with E-state index in [0.717, 1.165) is 32.8 Å². The Balaban J connectivity index is 1.56. The Morgan fingerprint density at radius 3 is 2.32 bits per heavy atom. The van der Waals surface area contributed by atoms with Crippen molar-refractivity contribution in [1.29, 1.82) is 0 Å². The van der Waals surface area contributed by atoms with E-state index in [1.54, 1.807) is 11.3 Å². The van der Waals surface area contributed by atoms with Gasteiger partial charge in [0, 0.05) is 38.2 Å². The Morgan fingerprint density at radius 2 is 1.84 bits per heavy atom. The molecule has 2 fully saturated rings. The Bertz CT molecular complexity index is 342. The van der Waals surface area contributed by atoms with Crippen LogP contribution in [0.3, 0.4) is 0 Å². The summed E-state index contributed by atoms with van der Waals surface area (Å²) in [5.41, 5.74) is 3.08. The Labute approximate surface area is 118 Å². The molecule has 0 N–H and O–H groups in total. The van der Waals surface area contributed by atoms with Gasteiger partial charge in [0.1, 0.15) is 0 Å². The fraction of sp³-hybridized carbons (Fsp3) is 0.786. The first kappa shape index (κ1) is 13.5. The SMILES string of the molecule is c1nc(CN(C[C@H]2CCCO2)C[C@@H]2CCCO2)cs1. The number of hydrogen-bond donors (Lipinski definition) is 0. The van der Waals surface area contributed by atoms with Crippen LogP contribution in [0.4, 0.5) is 0 Å². The predicted molar refractivity (Wildman–Crippen MR) is 75.3 cm³/mol. The molecule has 2 saturated heterocycles. The first-order valence-electron chi connectivity index (χ1n) is 7.23. The molecule has 2 aliphatic heterocycles. The van der Waals surface area contributed by atoms with Crippen LogP contribution in [0.2, 0.25) is 0 Å². The van der Waals surface area contributed by atoms with Crippen LogP contribution in [-0.2, 0) is 16.0 Å². The number of thiazole rings is 1. The number of nitrogens with zero attached hydrogens (tertiary/aromatic N) is 2.